The highest BCUT2D eigenvalue weighted by molar-refractivity contribution is 9.09. The Kier molecular flexibility index (Phi) is 3.32. The maximum Gasteiger partial charge on any atom is 0.126 e. The van der Waals surface area contributed by atoms with Gasteiger partial charge in [-0.05, 0) is 23.8 Å². The van der Waals surface area contributed by atoms with Gasteiger partial charge in [-0.3, -0.25) is 0 Å². The molecule has 0 unspecified atom stereocenters. The standard InChI is InChI=1S/C13H14BrClO/c1-13(2)6-9(7-14)11-5-10(15)3-4-12(11)16-8-13/h3-6H,7-8H2,1-2H3. The predicted octanol–water partition coefficient (Wildman–Crippen LogP) is 4.54. The molecule has 16 heavy (non-hydrogen) atoms. The summed E-state index contributed by atoms with van der Waals surface area (Å²) in [4.78, 5) is 0. The summed E-state index contributed by atoms with van der Waals surface area (Å²) in [5.74, 6) is 0.917. The molecule has 1 aromatic rings. The zero-order valence-electron chi connectivity index (χ0n) is 9.39. The SMILES string of the molecule is CC1(C)C=C(CBr)c2cc(Cl)ccc2OC1. The van der Waals surface area contributed by atoms with Gasteiger partial charge in [0, 0.05) is 21.3 Å². The van der Waals surface area contributed by atoms with Gasteiger partial charge in [-0.2, -0.15) is 0 Å². The van der Waals surface area contributed by atoms with Crippen molar-refractivity contribution in [3.63, 3.8) is 0 Å². The third kappa shape index (κ3) is 2.44. The summed E-state index contributed by atoms with van der Waals surface area (Å²) in [6.07, 6.45) is 2.25. The van der Waals surface area contributed by atoms with E-state index in [1.165, 1.54) is 5.57 Å². The molecule has 1 heterocycles. The first kappa shape index (κ1) is 12.0. The Labute approximate surface area is 110 Å². The van der Waals surface area contributed by atoms with E-state index in [2.05, 4.69) is 35.9 Å². The van der Waals surface area contributed by atoms with Crippen molar-refractivity contribution in [2.24, 2.45) is 5.41 Å². The first-order chi connectivity index (χ1) is 7.52. The Hall–Kier alpha value is -0.470. The van der Waals surface area contributed by atoms with E-state index in [-0.39, 0.29) is 5.41 Å². The highest BCUT2D eigenvalue weighted by Crippen LogP contribution is 2.37. The minimum absolute atomic E-state index is 0.0502. The number of hydrogen-bond acceptors (Lipinski definition) is 1. The van der Waals surface area contributed by atoms with E-state index in [1.807, 2.05) is 18.2 Å². The van der Waals surface area contributed by atoms with Gasteiger partial charge in [-0.15, -0.1) is 0 Å². The summed E-state index contributed by atoms with van der Waals surface area (Å²) in [5.41, 5.74) is 2.38. The molecule has 1 aromatic carbocycles. The second-order valence-electron chi connectivity index (χ2n) is 4.72. The van der Waals surface area contributed by atoms with Crippen LogP contribution in [0.3, 0.4) is 0 Å². The lowest BCUT2D eigenvalue weighted by Crippen LogP contribution is -2.17. The normalized spacial score (nSPS) is 18.1. The fourth-order valence-electron chi connectivity index (χ4n) is 1.84. The molecule has 1 aliphatic heterocycles. The van der Waals surface area contributed by atoms with Crippen LogP contribution in [-0.4, -0.2) is 11.9 Å². The number of halogens is 2. The maximum absolute atomic E-state index is 6.03. The molecule has 3 heteroatoms. The Morgan fingerprint density at radius 3 is 2.88 bits per heavy atom. The van der Waals surface area contributed by atoms with Crippen LogP contribution in [0.4, 0.5) is 0 Å². The first-order valence-electron chi connectivity index (χ1n) is 5.22. The van der Waals surface area contributed by atoms with Gasteiger partial charge in [0.05, 0.1) is 6.61 Å². The van der Waals surface area contributed by atoms with Gasteiger partial charge in [-0.1, -0.05) is 47.5 Å². The van der Waals surface area contributed by atoms with Crippen LogP contribution >= 0.6 is 27.5 Å². The Morgan fingerprint density at radius 1 is 1.44 bits per heavy atom. The zero-order valence-corrected chi connectivity index (χ0v) is 11.7. The van der Waals surface area contributed by atoms with Crippen molar-refractivity contribution in [1.82, 2.24) is 0 Å². The molecule has 0 N–H and O–H groups in total. The second-order valence-corrected chi connectivity index (χ2v) is 5.72. The summed E-state index contributed by atoms with van der Waals surface area (Å²) in [7, 11) is 0. The number of rotatable bonds is 1. The van der Waals surface area contributed by atoms with Crippen LogP contribution in [0.2, 0.25) is 5.02 Å². The first-order valence-corrected chi connectivity index (χ1v) is 6.72. The molecule has 0 saturated carbocycles. The van der Waals surface area contributed by atoms with Crippen LogP contribution in [0.1, 0.15) is 19.4 Å². The predicted molar refractivity (Wildman–Crippen MR) is 72.5 cm³/mol. The number of fused-ring (bicyclic) bond motifs is 1. The van der Waals surface area contributed by atoms with Gasteiger partial charge < -0.3 is 4.74 Å². The number of allylic oxidation sites excluding steroid dienone is 1. The highest BCUT2D eigenvalue weighted by atomic mass is 79.9. The lowest BCUT2D eigenvalue weighted by Gasteiger charge is -2.18. The topological polar surface area (TPSA) is 9.23 Å². The van der Waals surface area contributed by atoms with Gasteiger partial charge in [0.25, 0.3) is 0 Å². The molecule has 0 aromatic heterocycles. The van der Waals surface area contributed by atoms with Crippen molar-refractivity contribution in [2.45, 2.75) is 13.8 Å². The molecule has 2 rings (SSSR count). The van der Waals surface area contributed by atoms with Crippen LogP contribution in [-0.2, 0) is 0 Å². The van der Waals surface area contributed by atoms with E-state index >= 15 is 0 Å². The van der Waals surface area contributed by atoms with Gasteiger partial charge in [-0.25, -0.2) is 0 Å². The highest BCUT2D eigenvalue weighted by Gasteiger charge is 2.23. The zero-order chi connectivity index (χ0) is 11.8. The molecule has 1 nitrogen and oxygen atoms in total. The van der Waals surface area contributed by atoms with Crippen LogP contribution in [0, 0.1) is 5.41 Å². The molecule has 0 amide bonds. The van der Waals surface area contributed by atoms with Crippen LogP contribution < -0.4 is 4.74 Å². The van der Waals surface area contributed by atoms with E-state index in [0.29, 0.717) is 6.61 Å². The van der Waals surface area contributed by atoms with Crippen LogP contribution in [0.15, 0.2) is 24.3 Å². The molecule has 0 atom stereocenters. The lowest BCUT2D eigenvalue weighted by molar-refractivity contribution is 0.225. The molecule has 1 aliphatic rings. The lowest BCUT2D eigenvalue weighted by atomic mass is 9.91. The summed E-state index contributed by atoms with van der Waals surface area (Å²) < 4.78 is 5.82. The molecular weight excluding hydrogens is 287 g/mol. The largest absolute Gasteiger partial charge is 0.492 e. The summed E-state index contributed by atoms with van der Waals surface area (Å²) >= 11 is 9.55. The molecule has 0 radical (unpaired) electrons. The van der Waals surface area contributed by atoms with Crippen molar-refractivity contribution in [3.8, 4) is 5.75 Å². The van der Waals surface area contributed by atoms with Gasteiger partial charge in [0.2, 0.25) is 0 Å². The van der Waals surface area contributed by atoms with Crippen molar-refractivity contribution < 1.29 is 4.74 Å². The Balaban J connectivity index is 2.55. The minimum Gasteiger partial charge on any atom is -0.492 e. The number of ether oxygens (including phenoxy) is 1. The van der Waals surface area contributed by atoms with Crippen molar-refractivity contribution in [3.05, 3.63) is 34.9 Å². The number of alkyl halides is 1. The average Bonchev–Trinajstić information content (AvgIpc) is 2.36. The van der Waals surface area contributed by atoms with E-state index in [0.717, 1.165) is 21.7 Å². The fraction of sp³-hybridized carbons (Fsp3) is 0.385. The van der Waals surface area contributed by atoms with E-state index in [1.54, 1.807) is 0 Å². The van der Waals surface area contributed by atoms with Gasteiger partial charge in [0.15, 0.2) is 0 Å². The average molecular weight is 302 g/mol. The van der Waals surface area contributed by atoms with Gasteiger partial charge >= 0.3 is 0 Å². The van der Waals surface area contributed by atoms with E-state index < -0.39 is 0 Å². The molecule has 0 fully saturated rings. The number of hydrogen-bond donors (Lipinski definition) is 0. The molecular formula is C13H14BrClO. The molecule has 0 spiro atoms. The molecule has 0 saturated heterocycles. The Bertz CT molecular complexity index is 438. The maximum atomic E-state index is 6.03. The van der Waals surface area contributed by atoms with E-state index in [9.17, 15) is 0 Å². The quantitative estimate of drug-likeness (QED) is 0.692. The summed E-state index contributed by atoms with van der Waals surface area (Å²) in [5, 5.41) is 1.56. The van der Waals surface area contributed by atoms with Crippen molar-refractivity contribution in [2.75, 3.05) is 11.9 Å². The van der Waals surface area contributed by atoms with Crippen LogP contribution in [0.5, 0.6) is 5.75 Å². The third-order valence-electron chi connectivity index (χ3n) is 2.60. The smallest absolute Gasteiger partial charge is 0.126 e. The number of benzene rings is 1. The second kappa shape index (κ2) is 4.42. The summed E-state index contributed by atoms with van der Waals surface area (Å²) in [6.45, 7) is 5.03. The third-order valence-corrected chi connectivity index (χ3v) is 3.44. The van der Waals surface area contributed by atoms with E-state index in [4.69, 9.17) is 16.3 Å². The molecule has 0 bridgehead atoms. The monoisotopic (exact) mass is 300 g/mol. The van der Waals surface area contributed by atoms with Gasteiger partial charge in [0.1, 0.15) is 5.75 Å². The van der Waals surface area contributed by atoms with Crippen LogP contribution in [0.25, 0.3) is 5.57 Å². The molecule has 86 valence electrons. The Morgan fingerprint density at radius 2 is 2.19 bits per heavy atom. The fourth-order valence-corrected chi connectivity index (χ4v) is 2.48. The summed E-state index contributed by atoms with van der Waals surface area (Å²) in [6, 6.07) is 5.77. The van der Waals surface area contributed by atoms with Crippen molar-refractivity contribution in [1.29, 1.82) is 0 Å². The molecule has 0 aliphatic carbocycles. The van der Waals surface area contributed by atoms with Crippen molar-refractivity contribution >= 4 is 33.1 Å². The minimum atomic E-state index is 0.0502.